The molecular formula is C16H23N5O3S. The molecule has 9 heteroatoms. The van der Waals surface area contributed by atoms with Crippen molar-refractivity contribution in [2.75, 3.05) is 0 Å². The minimum Gasteiger partial charge on any atom is -0.622 e. The number of aryl methyl sites for hydroxylation is 1. The lowest BCUT2D eigenvalue weighted by atomic mass is 9.86. The number of thiocarbonyl (C=S) groups is 1. The summed E-state index contributed by atoms with van der Waals surface area (Å²) in [6.45, 7) is 5.38. The molecule has 0 amide bonds. The van der Waals surface area contributed by atoms with Crippen LogP contribution in [0, 0.1) is 12.1 Å². The van der Waals surface area contributed by atoms with Crippen molar-refractivity contribution in [1.29, 1.82) is 0 Å². The number of hydrogen-bond donors (Lipinski definition) is 3. The second-order valence-corrected chi connectivity index (χ2v) is 7.42. The predicted octanol–water partition coefficient (Wildman–Crippen LogP) is 1.83. The fraction of sp³-hybridized carbons (Fsp3) is 0.562. The summed E-state index contributed by atoms with van der Waals surface area (Å²) in [7, 11) is 0. The monoisotopic (exact) mass is 365 g/mol. The van der Waals surface area contributed by atoms with E-state index in [0.29, 0.717) is 35.8 Å². The third kappa shape index (κ3) is 2.62. The summed E-state index contributed by atoms with van der Waals surface area (Å²) in [6, 6.07) is 3.54. The maximum atomic E-state index is 13.4. The molecule has 25 heavy (non-hydrogen) atoms. The standard InChI is InChI=1S/C16H23N5O3S/c1-10-7-8-11(24-10)13-15(2,3)21(23)16(20(13)22)9-5-4-6-12(16)18-19-14(17)25/h7-8,23H,4-6,9H2,1-3H3,(H3,17,19,25)/t16-/m0/s1. The minimum atomic E-state index is -1.30. The number of furan rings is 1. The van der Waals surface area contributed by atoms with Crippen LogP contribution < -0.4 is 11.2 Å². The Balaban J connectivity index is 2.18. The van der Waals surface area contributed by atoms with Crippen molar-refractivity contribution >= 4 is 28.8 Å². The summed E-state index contributed by atoms with van der Waals surface area (Å²) in [4.78, 5) is 0. The smallest absolute Gasteiger partial charge is 0.292 e. The highest BCUT2D eigenvalue weighted by molar-refractivity contribution is 7.80. The Morgan fingerprint density at radius 1 is 1.48 bits per heavy atom. The van der Waals surface area contributed by atoms with E-state index in [-0.39, 0.29) is 5.11 Å². The number of nitrogens with one attached hydrogen (secondary N) is 1. The van der Waals surface area contributed by atoms with E-state index in [4.69, 9.17) is 22.4 Å². The maximum Gasteiger partial charge on any atom is 0.292 e. The van der Waals surface area contributed by atoms with Crippen LogP contribution in [0.3, 0.4) is 0 Å². The molecule has 4 N–H and O–H groups in total. The average Bonchev–Trinajstić information content (AvgIpc) is 3.02. The van der Waals surface area contributed by atoms with Crippen molar-refractivity contribution in [2.45, 2.75) is 57.7 Å². The molecule has 0 bridgehead atoms. The molecule has 0 saturated heterocycles. The van der Waals surface area contributed by atoms with Gasteiger partial charge >= 0.3 is 0 Å². The van der Waals surface area contributed by atoms with Gasteiger partial charge in [-0.05, 0) is 64.4 Å². The number of nitrogens with zero attached hydrogens (tertiary/aromatic N) is 3. The summed E-state index contributed by atoms with van der Waals surface area (Å²) < 4.78 is 6.51. The lowest BCUT2D eigenvalue weighted by molar-refractivity contribution is -0.568. The molecule has 0 unspecified atom stereocenters. The molecule has 0 radical (unpaired) electrons. The number of nitrogens with two attached hydrogens (primary N) is 1. The van der Waals surface area contributed by atoms with Crippen molar-refractivity contribution in [2.24, 2.45) is 10.8 Å². The van der Waals surface area contributed by atoms with Crippen LogP contribution in [0.5, 0.6) is 0 Å². The summed E-state index contributed by atoms with van der Waals surface area (Å²) in [5.74, 6) is 1.14. The van der Waals surface area contributed by atoms with Crippen molar-refractivity contribution in [1.82, 2.24) is 10.5 Å². The largest absolute Gasteiger partial charge is 0.622 e. The van der Waals surface area contributed by atoms with E-state index < -0.39 is 11.2 Å². The fourth-order valence-corrected chi connectivity index (χ4v) is 3.81. The zero-order chi connectivity index (χ0) is 18.4. The van der Waals surface area contributed by atoms with E-state index in [1.165, 1.54) is 0 Å². The Morgan fingerprint density at radius 3 is 2.80 bits per heavy atom. The van der Waals surface area contributed by atoms with E-state index in [1.54, 1.807) is 26.0 Å². The van der Waals surface area contributed by atoms with Crippen LogP contribution >= 0.6 is 12.2 Å². The highest BCUT2D eigenvalue weighted by atomic mass is 32.1. The molecule has 2 aliphatic rings. The Bertz CT molecular complexity index is 770. The van der Waals surface area contributed by atoms with Gasteiger partial charge in [-0.1, -0.05) is 0 Å². The zero-order valence-electron chi connectivity index (χ0n) is 14.6. The number of hydrogen-bond acceptors (Lipinski definition) is 6. The summed E-state index contributed by atoms with van der Waals surface area (Å²) in [6.07, 6.45) is 2.67. The van der Waals surface area contributed by atoms with Crippen molar-refractivity contribution < 1.29 is 14.4 Å². The zero-order valence-corrected chi connectivity index (χ0v) is 15.4. The summed E-state index contributed by atoms with van der Waals surface area (Å²) >= 11 is 4.81. The molecule has 1 aromatic rings. The minimum absolute atomic E-state index is 0.0123. The van der Waals surface area contributed by atoms with Crippen LogP contribution in [-0.4, -0.2) is 42.7 Å². The molecule has 1 spiro atoms. The van der Waals surface area contributed by atoms with E-state index in [1.807, 2.05) is 6.92 Å². The van der Waals surface area contributed by atoms with E-state index in [2.05, 4.69) is 10.5 Å². The topological polar surface area (TPSA) is 113 Å². The van der Waals surface area contributed by atoms with Crippen molar-refractivity contribution in [3.05, 3.63) is 28.9 Å². The van der Waals surface area contributed by atoms with Crippen LogP contribution in [0.15, 0.2) is 21.7 Å². The van der Waals surface area contributed by atoms with Gasteiger partial charge in [0.05, 0.1) is 0 Å². The molecule has 0 aromatic carbocycles. The van der Waals surface area contributed by atoms with Crippen molar-refractivity contribution in [3.63, 3.8) is 0 Å². The Labute approximate surface area is 151 Å². The highest BCUT2D eigenvalue weighted by Gasteiger charge is 2.66. The Hall–Kier alpha value is -1.97. The molecular weight excluding hydrogens is 342 g/mol. The molecule has 1 fully saturated rings. The van der Waals surface area contributed by atoms with E-state index in [9.17, 15) is 10.4 Å². The summed E-state index contributed by atoms with van der Waals surface area (Å²) in [5.41, 5.74) is 6.65. The number of rotatable bonds is 2. The van der Waals surface area contributed by atoms with Crippen molar-refractivity contribution in [3.8, 4) is 0 Å². The number of hydroxylamine groups is 3. The number of hydrazone groups is 1. The molecule has 1 aliphatic carbocycles. The SMILES string of the molecule is Cc1ccc(C2=[N+]([O-])[C@@]3(CCCCC3=NNC(N)=S)N(O)C2(C)C)o1. The molecule has 3 rings (SSSR count). The maximum absolute atomic E-state index is 13.4. The fourth-order valence-electron chi connectivity index (χ4n) is 3.77. The second kappa shape index (κ2) is 6.08. The highest BCUT2D eigenvalue weighted by Crippen LogP contribution is 2.42. The van der Waals surface area contributed by atoms with Crippen LogP contribution in [0.1, 0.15) is 51.1 Å². The first-order valence-corrected chi connectivity index (χ1v) is 8.65. The predicted molar refractivity (Wildman–Crippen MR) is 97.4 cm³/mol. The molecule has 1 atom stereocenters. The molecule has 2 heterocycles. The van der Waals surface area contributed by atoms with Gasteiger partial charge in [0.2, 0.25) is 0 Å². The van der Waals surface area contributed by atoms with Crippen LogP contribution in [0.2, 0.25) is 0 Å². The second-order valence-electron chi connectivity index (χ2n) is 6.98. The first-order chi connectivity index (χ1) is 11.7. The van der Waals surface area contributed by atoms with Gasteiger partial charge in [0.25, 0.3) is 11.4 Å². The van der Waals surface area contributed by atoms with Gasteiger partial charge in [-0.25, -0.2) is 0 Å². The molecule has 136 valence electrons. The van der Waals surface area contributed by atoms with E-state index in [0.717, 1.165) is 22.6 Å². The quantitative estimate of drug-likeness (QED) is 0.317. The van der Waals surface area contributed by atoms with Crippen LogP contribution in [0.4, 0.5) is 0 Å². The van der Waals surface area contributed by atoms with Crippen LogP contribution in [0.25, 0.3) is 0 Å². The van der Waals surface area contributed by atoms with Crippen LogP contribution in [-0.2, 0) is 0 Å². The Kier molecular flexibility index (Phi) is 4.34. The Morgan fingerprint density at radius 2 is 2.20 bits per heavy atom. The lowest BCUT2D eigenvalue weighted by Gasteiger charge is -2.38. The first-order valence-electron chi connectivity index (χ1n) is 8.24. The molecule has 1 aliphatic heterocycles. The lowest BCUT2D eigenvalue weighted by Crippen LogP contribution is -2.61. The molecule has 8 nitrogen and oxygen atoms in total. The normalized spacial score (nSPS) is 28.1. The van der Waals surface area contributed by atoms with Gasteiger partial charge < -0.3 is 20.6 Å². The van der Waals surface area contributed by atoms with Gasteiger partial charge in [0.15, 0.2) is 10.9 Å². The van der Waals surface area contributed by atoms with Gasteiger partial charge in [0.1, 0.15) is 17.0 Å². The third-order valence-corrected chi connectivity index (χ3v) is 5.02. The van der Waals surface area contributed by atoms with Gasteiger partial charge in [-0.2, -0.15) is 9.84 Å². The third-order valence-electron chi connectivity index (χ3n) is 4.92. The van der Waals surface area contributed by atoms with Gasteiger partial charge in [-0.3, -0.25) is 5.43 Å². The van der Waals surface area contributed by atoms with Gasteiger partial charge in [0, 0.05) is 6.42 Å². The molecule has 1 saturated carbocycles. The molecule has 1 aromatic heterocycles. The summed E-state index contributed by atoms with van der Waals surface area (Å²) in [5, 5.41) is 29.8. The van der Waals surface area contributed by atoms with E-state index >= 15 is 0 Å². The average molecular weight is 365 g/mol. The van der Waals surface area contributed by atoms with Gasteiger partial charge in [-0.15, -0.1) is 5.06 Å². The first kappa shape index (κ1) is 17.8.